The maximum Gasteiger partial charge on any atom is 0.342 e. The average molecular weight is 247 g/mol. The van der Waals surface area contributed by atoms with Gasteiger partial charge in [0.2, 0.25) is 0 Å². The van der Waals surface area contributed by atoms with Crippen LogP contribution in [0.1, 0.15) is 10.4 Å². The topological polar surface area (TPSA) is 93.3 Å². The maximum atomic E-state index is 10.5. The van der Waals surface area contributed by atoms with E-state index in [2.05, 4.69) is 20.9 Å². The number of carboxylic acids is 1. The molecule has 0 radical (unpaired) electrons. The SMILES string of the molecule is O=C(O)c1ccnc(Br)c1[N+](=O)[O-]. The summed E-state index contributed by atoms with van der Waals surface area (Å²) in [5.74, 6) is -1.35. The Bertz CT molecular complexity index is 379. The predicted molar refractivity (Wildman–Crippen MR) is 45.6 cm³/mol. The van der Waals surface area contributed by atoms with Crippen LogP contribution in [0.25, 0.3) is 0 Å². The average Bonchev–Trinajstić information content (AvgIpc) is 2.02. The summed E-state index contributed by atoms with van der Waals surface area (Å²) in [4.78, 5) is 23.7. The van der Waals surface area contributed by atoms with Gasteiger partial charge in [0.15, 0.2) is 4.60 Å². The standard InChI is InChI=1S/C6H3BrN2O4/c7-5-4(9(12)13)3(6(10)11)1-2-8-5/h1-2H,(H,10,11). The number of pyridine rings is 1. The molecule has 1 rings (SSSR count). The second kappa shape index (κ2) is 3.48. The second-order valence-electron chi connectivity index (χ2n) is 2.06. The van der Waals surface area contributed by atoms with E-state index in [1.165, 1.54) is 6.20 Å². The monoisotopic (exact) mass is 246 g/mol. The lowest BCUT2D eigenvalue weighted by atomic mass is 10.2. The van der Waals surface area contributed by atoms with Crippen LogP contribution >= 0.6 is 15.9 Å². The van der Waals surface area contributed by atoms with Crippen molar-refractivity contribution in [1.29, 1.82) is 0 Å². The van der Waals surface area contributed by atoms with Crippen LogP contribution in [0.3, 0.4) is 0 Å². The zero-order valence-corrected chi connectivity index (χ0v) is 7.69. The number of rotatable bonds is 2. The molecule has 0 bridgehead atoms. The summed E-state index contributed by atoms with van der Waals surface area (Å²) < 4.78 is -0.0857. The lowest BCUT2D eigenvalue weighted by molar-refractivity contribution is -0.386. The first-order chi connectivity index (χ1) is 6.04. The van der Waals surface area contributed by atoms with Gasteiger partial charge in [0, 0.05) is 6.20 Å². The van der Waals surface area contributed by atoms with E-state index < -0.39 is 16.6 Å². The molecule has 7 heteroatoms. The largest absolute Gasteiger partial charge is 0.477 e. The Morgan fingerprint density at radius 1 is 1.69 bits per heavy atom. The molecule has 0 aliphatic carbocycles. The summed E-state index contributed by atoms with van der Waals surface area (Å²) in [5.41, 5.74) is -0.915. The van der Waals surface area contributed by atoms with Gasteiger partial charge in [-0.15, -0.1) is 0 Å². The molecule has 1 heterocycles. The van der Waals surface area contributed by atoms with Crippen LogP contribution in [0.15, 0.2) is 16.9 Å². The zero-order valence-electron chi connectivity index (χ0n) is 6.10. The molecular weight excluding hydrogens is 244 g/mol. The molecule has 1 aromatic rings. The molecule has 0 unspecified atom stereocenters. The summed E-state index contributed by atoms with van der Waals surface area (Å²) in [5, 5.41) is 19.0. The van der Waals surface area contributed by atoms with Gasteiger partial charge in [0.1, 0.15) is 5.56 Å². The highest BCUT2D eigenvalue weighted by atomic mass is 79.9. The van der Waals surface area contributed by atoms with Crippen LogP contribution in [0, 0.1) is 10.1 Å². The number of hydrogen-bond acceptors (Lipinski definition) is 4. The van der Waals surface area contributed by atoms with Gasteiger partial charge in [-0.05, 0) is 22.0 Å². The molecule has 1 N–H and O–H groups in total. The van der Waals surface area contributed by atoms with E-state index in [1.54, 1.807) is 0 Å². The van der Waals surface area contributed by atoms with Gasteiger partial charge >= 0.3 is 11.7 Å². The minimum Gasteiger partial charge on any atom is -0.477 e. The molecular formula is C6H3BrN2O4. The van der Waals surface area contributed by atoms with Gasteiger partial charge in [0.05, 0.1) is 4.92 Å². The molecule has 0 aliphatic rings. The van der Waals surface area contributed by atoms with Crippen molar-refractivity contribution in [3.63, 3.8) is 0 Å². The Kier molecular flexibility index (Phi) is 2.57. The normalized spacial score (nSPS) is 9.62. The Morgan fingerprint density at radius 3 is 2.69 bits per heavy atom. The lowest BCUT2D eigenvalue weighted by Crippen LogP contribution is -2.03. The van der Waals surface area contributed by atoms with E-state index in [1.807, 2.05) is 0 Å². The minimum atomic E-state index is -1.35. The number of carboxylic acid groups (broad SMARTS) is 1. The van der Waals surface area contributed by atoms with Crippen LogP contribution in [0.5, 0.6) is 0 Å². The second-order valence-corrected chi connectivity index (χ2v) is 2.81. The summed E-state index contributed by atoms with van der Waals surface area (Å²) in [6.45, 7) is 0. The zero-order chi connectivity index (χ0) is 10.0. The highest BCUT2D eigenvalue weighted by Gasteiger charge is 2.23. The van der Waals surface area contributed by atoms with Crippen LogP contribution < -0.4 is 0 Å². The maximum absolute atomic E-state index is 10.5. The molecule has 0 aromatic carbocycles. The molecule has 0 atom stereocenters. The van der Waals surface area contributed by atoms with E-state index in [-0.39, 0.29) is 10.2 Å². The highest BCUT2D eigenvalue weighted by molar-refractivity contribution is 9.10. The van der Waals surface area contributed by atoms with E-state index in [0.717, 1.165) is 6.07 Å². The summed E-state index contributed by atoms with van der Waals surface area (Å²) in [6.07, 6.45) is 1.18. The van der Waals surface area contributed by atoms with Crippen molar-refractivity contribution in [3.8, 4) is 0 Å². The number of aromatic carboxylic acids is 1. The quantitative estimate of drug-likeness (QED) is 0.484. The summed E-state index contributed by atoms with van der Waals surface area (Å²) >= 11 is 2.80. The molecule has 0 aliphatic heterocycles. The van der Waals surface area contributed by atoms with Crippen molar-refractivity contribution in [1.82, 2.24) is 4.98 Å². The lowest BCUT2D eigenvalue weighted by Gasteiger charge is -1.97. The van der Waals surface area contributed by atoms with Gasteiger partial charge in [-0.1, -0.05) is 0 Å². The Hall–Kier alpha value is -1.50. The summed E-state index contributed by atoms with van der Waals surface area (Å²) in [6, 6.07) is 1.07. The fourth-order valence-corrected chi connectivity index (χ4v) is 1.25. The first kappa shape index (κ1) is 9.59. The molecule has 1 aromatic heterocycles. The number of nitro groups is 1. The third kappa shape index (κ3) is 1.81. The van der Waals surface area contributed by atoms with Gasteiger partial charge in [-0.25, -0.2) is 9.78 Å². The van der Waals surface area contributed by atoms with E-state index in [9.17, 15) is 14.9 Å². The van der Waals surface area contributed by atoms with Gasteiger partial charge in [0.25, 0.3) is 0 Å². The van der Waals surface area contributed by atoms with Crippen LogP contribution in [-0.4, -0.2) is 21.0 Å². The highest BCUT2D eigenvalue weighted by Crippen LogP contribution is 2.25. The molecule has 0 spiro atoms. The number of halogens is 1. The van der Waals surface area contributed by atoms with E-state index in [0.29, 0.717) is 0 Å². The van der Waals surface area contributed by atoms with Crippen molar-refractivity contribution >= 4 is 27.6 Å². The third-order valence-electron chi connectivity index (χ3n) is 1.29. The molecule has 0 amide bonds. The van der Waals surface area contributed by atoms with E-state index in [4.69, 9.17) is 5.11 Å². The fraction of sp³-hybridized carbons (Fsp3) is 0. The smallest absolute Gasteiger partial charge is 0.342 e. The number of hydrogen-bond donors (Lipinski definition) is 1. The minimum absolute atomic E-state index is 0.0857. The molecule has 68 valence electrons. The van der Waals surface area contributed by atoms with Crippen molar-refractivity contribution in [2.24, 2.45) is 0 Å². The van der Waals surface area contributed by atoms with Crippen molar-refractivity contribution < 1.29 is 14.8 Å². The van der Waals surface area contributed by atoms with Gasteiger partial charge in [-0.3, -0.25) is 10.1 Å². The summed E-state index contributed by atoms with van der Waals surface area (Å²) in [7, 11) is 0. The van der Waals surface area contributed by atoms with Gasteiger partial charge in [-0.2, -0.15) is 0 Å². The van der Waals surface area contributed by atoms with Gasteiger partial charge < -0.3 is 5.11 Å². The van der Waals surface area contributed by atoms with Crippen LogP contribution in [0.4, 0.5) is 5.69 Å². The first-order valence-corrected chi connectivity index (χ1v) is 3.85. The molecule has 6 nitrogen and oxygen atoms in total. The molecule has 0 saturated heterocycles. The van der Waals surface area contributed by atoms with Crippen LogP contribution in [-0.2, 0) is 0 Å². The first-order valence-electron chi connectivity index (χ1n) is 3.06. The molecule has 13 heavy (non-hydrogen) atoms. The Labute approximate surface area is 80.5 Å². The van der Waals surface area contributed by atoms with Crippen LogP contribution in [0.2, 0.25) is 0 Å². The molecule has 0 fully saturated rings. The number of nitrogens with zero attached hydrogens (tertiary/aromatic N) is 2. The number of carbonyl (C=O) groups is 1. The Balaban J connectivity index is 3.43. The molecule has 0 saturated carbocycles. The third-order valence-corrected chi connectivity index (χ3v) is 1.87. The van der Waals surface area contributed by atoms with E-state index >= 15 is 0 Å². The van der Waals surface area contributed by atoms with Crippen molar-refractivity contribution in [2.45, 2.75) is 0 Å². The van der Waals surface area contributed by atoms with Crippen molar-refractivity contribution in [3.05, 3.63) is 32.5 Å². The number of aromatic nitrogens is 1. The fourth-order valence-electron chi connectivity index (χ4n) is 0.775. The predicted octanol–water partition coefficient (Wildman–Crippen LogP) is 1.45. The van der Waals surface area contributed by atoms with Crippen molar-refractivity contribution in [2.75, 3.05) is 0 Å². The Morgan fingerprint density at radius 2 is 2.31 bits per heavy atom.